The molecular weight excluding hydrogens is 140 g/mol. The molecule has 0 aromatic carbocycles. The topological polar surface area (TPSA) is 34.1 Å². The highest BCUT2D eigenvalue weighted by Crippen LogP contribution is 2.41. The first-order valence-corrected chi connectivity index (χ1v) is 4.29. The summed E-state index contributed by atoms with van der Waals surface area (Å²) in [4.78, 5) is 21.8. The van der Waals surface area contributed by atoms with Gasteiger partial charge in [0.05, 0.1) is 0 Å². The Morgan fingerprint density at radius 2 is 2.18 bits per heavy atom. The van der Waals surface area contributed by atoms with Crippen molar-refractivity contribution in [3.05, 3.63) is 0 Å². The van der Waals surface area contributed by atoms with Gasteiger partial charge in [-0.2, -0.15) is 0 Å². The first-order chi connectivity index (χ1) is 5.31. The molecule has 3 aliphatic rings. The first-order valence-electron chi connectivity index (χ1n) is 4.29. The summed E-state index contributed by atoms with van der Waals surface area (Å²) < 4.78 is 0. The molecule has 3 rings (SSSR count). The van der Waals surface area contributed by atoms with Gasteiger partial charge < -0.3 is 4.79 Å². The number of hydrogen-bond acceptors (Lipinski definition) is 2. The fraction of sp³-hybridized carbons (Fsp3) is 0.778. The fourth-order valence-corrected chi connectivity index (χ4v) is 2.47. The molecule has 2 nitrogen and oxygen atoms in total. The zero-order valence-corrected chi connectivity index (χ0v) is 6.45. The predicted molar refractivity (Wildman–Crippen MR) is 40.0 cm³/mol. The van der Waals surface area contributed by atoms with Crippen LogP contribution < -0.4 is 0 Å². The predicted octanol–water partition coefficient (Wildman–Crippen LogP) is 1.19. The molecule has 0 aromatic heterocycles. The van der Waals surface area contributed by atoms with Crippen molar-refractivity contribution in [2.24, 2.45) is 17.8 Å². The summed E-state index contributed by atoms with van der Waals surface area (Å²) in [6.45, 7) is 0. The van der Waals surface area contributed by atoms with Crippen LogP contribution in [0.15, 0.2) is 0 Å². The van der Waals surface area contributed by atoms with Gasteiger partial charge in [0.15, 0.2) is 0 Å². The molecule has 0 aliphatic heterocycles. The van der Waals surface area contributed by atoms with E-state index >= 15 is 0 Å². The van der Waals surface area contributed by atoms with Crippen LogP contribution >= 0.6 is 0 Å². The van der Waals surface area contributed by atoms with Crippen LogP contribution in [0.4, 0.5) is 0 Å². The summed E-state index contributed by atoms with van der Waals surface area (Å²) in [6, 6.07) is 0. The van der Waals surface area contributed by atoms with Crippen molar-refractivity contribution in [2.45, 2.75) is 25.7 Å². The summed E-state index contributed by atoms with van der Waals surface area (Å²) in [6.07, 6.45) is 4.83. The largest absolute Gasteiger partial charge is 0.303 e. The van der Waals surface area contributed by atoms with E-state index < -0.39 is 0 Å². The lowest BCUT2D eigenvalue weighted by molar-refractivity contribution is -0.136. The molecule has 0 N–H and O–H groups in total. The van der Waals surface area contributed by atoms with E-state index in [1.54, 1.807) is 0 Å². The lowest BCUT2D eigenvalue weighted by Gasteiger charge is -2.38. The van der Waals surface area contributed by atoms with Gasteiger partial charge in [0.1, 0.15) is 12.1 Å². The number of fused-ring (bicyclic) bond motifs is 3. The highest BCUT2D eigenvalue weighted by atomic mass is 16.1. The zero-order valence-electron chi connectivity index (χ0n) is 6.45. The molecule has 3 aliphatic carbocycles. The molecule has 11 heavy (non-hydrogen) atoms. The second kappa shape index (κ2) is 2.43. The van der Waals surface area contributed by atoms with Gasteiger partial charge in [0.2, 0.25) is 0 Å². The second-order valence-corrected chi connectivity index (χ2v) is 3.76. The Labute approximate surface area is 66.0 Å². The summed E-state index contributed by atoms with van der Waals surface area (Å²) in [7, 11) is 0. The van der Waals surface area contributed by atoms with Crippen LogP contribution in [0.3, 0.4) is 0 Å². The monoisotopic (exact) mass is 152 g/mol. The molecule has 2 bridgehead atoms. The van der Waals surface area contributed by atoms with Gasteiger partial charge in [-0.25, -0.2) is 0 Å². The maximum atomic E-state index is 11.3. The lowest BCUT2D eigenvalue weighted by atomic mass is 9.64. The average Bonchev–Trinajstić information content (AvgIpc) is 2.04. The molecule has 3 atom stereocenters. The van der Waals surface area contributed by atoms with Crippen molar-refractivity contribution in [3.63, 3.8) is 0 Å². The van der Waals surface area contributed by atoms with E-state index in [0.717, 1.165) is 25.5 Å². The molecule has 0 heterocycles. The molecule has 2 heteroatoms. The van der Waals surface area contributed by atoms with Crippen molar-refractivity contribution < 1.29 is 9.59 Å². The lowest BCUT2D eigenvalue weighted by Crippen LogP contribution is -2.39. The van der Waals surface area contributed by atoms with Crippen molar-refractivity contribution in [3.8, 4) is 0 Å². The van der Waals surface area contributed by atoms with Gasteiger partial charge in [0, 0.05) is 18.3 Å². The minimum absolute atomic E-state index is 0.0648. The number of carbonyl (C=O) groups is 2. The number of aldehydes is 1. The Hall–Kier alpha value is -0.660. The van der Waals surface area contributed by atoms with Crippen LogP contribution in [0.1, 0.15) is 25.7 Å². The summed E-state index contributed by atoms with van der Waals surface area (Å²) in [5, 5.41) is 0. The van der Waals surface area contributed by atoms with Gasteiger partial charge in [-0.3, -0.25) is 4.79 Å². The maximum absolute atomic E-state index is 11.3. The summed E-state index contributed by atoms with van der Waals surface area (Å²) >= 11 is 0. The second-order valence-electron chi connectivity index (χ2n) is 3.76. The van der Waals surface area contributed by atoms with E-state index in [1.807, 2.05) is 0 Å². The average molecular weight is 152 g/mol. The highest BCUT2D eigenvalue weighted by Gasteiger charge is 2.40. The van der Waals surface area contributed by atoms with Crippen molar-refractivity contribution in [1.82, 2.24) is 0 Å². The van der Waals surface area contributed by atoms with Crippen LogP contribution in [-0.4, -0.2) is 12.1 Å². The third-order valence-electron chi connectivity index (χ3n) is 3.09. The maximum Gasteiger partial charge on any atom is 0.136 e. The molecule has 60 valence electrons. The van der Waals surface area contributed by atoms with Crippen LogP contribution in [0.5, 0.6) is 0 Å². The van der Waals surface area contributed by atoms with E-state index in [4.69, 9.17) is 0 Å². The van der Waals surface area contributed by atoms with Crippen LogP contribution in [0.25, 0.3) is 0 Å². The van der Waals surface area contributed by atoms with Crippen molar-refractivity contribution in [2.75, 3.05) is 0 Å². The molecule has 0 amide bonds. The zero-order chi connectivity index (χ0) is 7.84. The Morgan fingerprint density at radius 1 is 1.36 bits per heavy atom. The van der Waals surface area contributed by atoms with Crippen molar-refractivity contribution >= 4 is 12.1 Å². The standard InChI is InChI=1S/C9H12O2/c10-5-7-3-6-1-2-8(7)9(11)4-6/h5-8H,1-4H2/t6-,7+,8+/m0/s1. The van der Waals surface area contributed by atoms with E-state index in [9.17, 15) is 9.59 Å². The highest BCUT2D eigenvalue weighted by molar-refractivity contribution is 5.86. The molecule has 3 fully saturated rings. The Balaban J connectivity index is 2.19. The van der Waals surface area contributed by atoms with Gasteiger partial charge in [-0.15, -0.1) is 0 Å². The molecule has 0 unspecified atom stereocenters. The van der Waals surface area contributed by atoms with Gasteiger partial charge in [-0.1, -0.05) is 0 Å². The Morgan fingerprint density at radius 3 is 2.64 bits per heavy atom. The molecule has 0 radical (unpaired) electrons. The van der Waals surface area contributed by atoms with Crippen LogP contribution in [-0.2, 0) is 9.59 Å². The van der Waals surface area contributed by atoms with E-state index in [0.29, 0.717) is 11.7 Å². The van der Waals surface area contributed by atoms with E-state index in [1.165, 1.54) is 6.42 Å². The Kier molecular flexibility index (Phi) is 1.55. The smallest absolute Gasteiger partial charge is 0.136 e. The van der Waals surface area contributed by atoms with Gasteiger partial charge >= 0.3 is 0 Å². The van der Waals surface area contributed by atoms with E-state index in [-0.39, 0.29) is 11.8 Å². The fourth-order valence-electron chi connectivity index (χ4n) is 2.47. The minimum atomic E-state index is 0.0648. The number of hydrogen-bond donors (Lipinski definition) is 0. The SMILES string of the molecule is O=C[C@H]1C[C@@H]2CC[C@H]1C(=O)C2. The van der Waals surface area contributed by atoms with Crippen molar-refractivity contribution in [1.29, 1.82) is 0 Å². The molecule has 3 saturated carbocycles. The minimum Gasteiger partial charge on any atom is -0.303 e. The Bertz CT molecular complexity index is 198. The van der Waals surface area contributed by atoms with Gasteiger partial charge in [-0.05, 0) is 25.2 Å². The first kappa shape index (κ1) is 7.01. The molecule has 0 spiro atoms. The number of rotatable bonds is 1. The quantitative estimate of drug-likeness (QED) is 0.529. The molecular formula is C9H12O2. The number of ketones is 1. The summed E-state index contributed by atoms with van der Waals surface area (Å²) in [5.41, 5.74) is 0. The molecule has 0 aromatic rings. The van der Waals surface area contributed by atoms with Crippen LogP contribution in [0.2, 0.25) is 0 Å². The number of carbonyl (C=O) groups excluding carboxylic acids is 2. The third-order valence-corrected chi connectivity index (χ3v) is 3.09. The van der Waals surface area contributed by atoms with E-state index in [2.05, 4.69) is 0 Å². The summed E-state index contributed by atoms with van der Waals surface area (Å²) in [5.74, 6) is 1.03. The van der Waals surface area contributed by atoms with Gasteiger partial charge in [0.25, 0.3) is 0 Å². The number of Topliss-reactive ketones (excluding diaryl/α,β-unsaturated/α-hetero) is 1. The third kappa shape index (κ3) is 1.01. The van der Waals surface area contributed by atoms with Crippen LogP contribution in [0, 0.1) is 17.8 Å². The normalized spacial score (nSPS) is 42.5. The molecule has 0 saturated heterocycles.